The summed E-state index contributed by atoms with van der Waals surface area (Å²) in [5, 5.41) is 8.19. The van der Waals surface area contributed by atoms with E-state index < -0.39 is 10.0 Å². The zero-order valence-corrected chi connectivity index (χ0v) is 22.2. The van der Waals surface area contributed by atoms with Crippen molar-refractivity contribution in [3.05, 3.63) is 71.9 Å². The van der Waals surface area contributed by atoms with Crippen LogP contribution in [-0.2, 0) is 16.6 Å². The number of aromatic nitrogens is 3. The molecule has 1 N–H and O–H groups in total. The molecule has 0 atom stereocenters. The molecule has 0 saturated carbocycles. The predicted octanol–water partition coefficient (Wildman–Crippen LogP) is 5.17. The average molecular weight is 508 g/mol. The molecule has 0 fully saturated rings. The molecular weight excluding hydrogens is 474 g/mol. The maximum absolute atomic E-state index is 13.3. The third-order valence-corrected chi connectivity index (χ3v) is 8.25. The number of benzene rings is 2. The Morgan fingerprint density at radius 2 is 1.78 bits per heavy atom. The Labute approximate surface area is 213 Å². The van der Waals surface area contributed by atoms with Gasteiger partial charge in [0.15, 0.2) is 11.5 Å². The van der Waals surface area contributed by atoms with Crippen LogP contribution in [0, 0.1) is 0 Å². The van der Waals surface area contributed by atoms with Crippen molar-refractivity contribution < 1.29 is 13.2 Å². The molecule has 2 aromatic heterocycles. The Hall–Kier alpha value is -3.43. The Kier molecular flexibility index (Phi) is 7.61. The van der Waals surface area contributed by atoms with Crippen molar-refractivity contribution in [3.63, 3.8) is 0 Å². The number of ether oxygens (including phenoxy) is 1. The maximum atomic E-state index is 13.3. The summed E-state index contributed by atoms with van der Waals surface area (Å²) in [6, 6.07) is 17.2. The van der Waals surface area contributed by atoms with E-state index in [9.17, 15) is 8.42 Å². The molecule has 8 nitrogen and oxygen atoms in total. The summed E-state index contributed by atoms with van der Waals surface area (Å²) in [6.45, 7) is 9.28. The standard InChI is InChI=1S/C27H33N5O3S/c1-6-31(7-2)36(33,34)24-17-21(13-14-23(24)35-5)22-15-16-32-27(29-22)25(19(3)4)26(30-32)28-18-20-11-9-8-10-12-20/h8-17,19H,6-7,18H2,1-5H3,(H,28,30). The van der Waals surface area contributed by atoms with Gasteiger partial charge in [-0.3, -0.25) is 0 Å². The second-order valence-corrected chi connectivity index (χ2v) is 10.7. The second kappa shape index (κ2) is 10.7. The number of nitrogens with zero attached hydrogens (tertiary/aromatic N) is 4. The van der Waals surface area contributed by atoms with E-state index >= 15 is 0 Å². The van der Waals surface area contributed by atoms with Gasteiger partial charge >= 0.3 is 0 Å². The van der Waals surface area contributed by atoms with Crippen LogP contribution in [0.25, 0.3) is 16.9 Å². The lowest BCUT2D eigenvalue weighted by atomic mass is 10.1. The van der Waals surface area contributed by atoms with Gasteiger partial charge in [-0.15, -0.1) is 5.10 Å². The van der Waals surface area contributed by atoms with Gasteiger partial charge in [-0.25, -0.2) is 17.9 Å². The minimum atomic E-state index is -3.72. The van der Waals surface area contributed by atoms with Crippen LogP contribution in [0.2, 0.25) is 0 Å². The first-order valence-corrected chi connectivity index (χ1v) is 13.6. The van der Waals surface area contributed by atoms with E-state index in [0.717, 1.165) is 22.6 Å². The number of sulfonamides is 1. The Morgan fingerprint density at radius 3 is 2.42 bits per heavy atom. The van der Waals surface area contributed by atoms with Crippen LogP contribution in [0.3, 0.4) is 0 Å². The highest BCUT2D eigenvalue weighted by Crippen LogP contribution is 2.33. The first-order valence-electron chi connectivity index (χ1n) is 12.2. The number of fused-ring (bicyclic) bond motifs is 1. The normalized spacial score (nSPS) is 12.0. The first kappa shape index (κ1) is 25.7. The molecule has 4 rings (SSSR count). The van der Waals surface area contributed by atoms with Crippen LogP contribution in [-0.4, -0.2) is 47.5 Å². The quantitative estimate of drug-likeness (QED) is 0.319. The molecule has 0 amide bonds. The lowest BCUT2D eigenvalue weighted by Gasteiger charge is -2.20. The zero-order chi connectivity index (χ0) is 25.9. The van der Waals surface area contributed by atoms with Crippen molar-refractivity contribution in [2.75, 3.05) is 25.5 Å². The van der Waals surface area contributed by atoms with Crippen molar-refractivity contribution in [1.29, 1.82) is 0 Å². The summed E-state index contributed by atoms with van der Waals surface area (Å²) in [6.07, 6.45) is 1.86. The summed E-state index contributed by atoms with van der Waals surface area (Å²) in [7, 11) is -2.24. The number of nitrogens with one attached hydrogen (secondary N) is 1. The van der Waals surface area contributed by atoms with E-state index in [1.807, 2.05) is 50.4 Å². The molecule has 4 aromatic rings. The topological polar surface area (TPSA) is 88.8 Å². The fourth-order valence-corrected chi connectivity index (χ4v) is 5.93. The molecule has 9 heteroatoms. The first-order chi connectivity index (χ1) is 17.3. The van der Waals surface area contributed by atoms with Crippen molar-refractivity contribution in [2.24, 2.45) is 0 Å². The predicted molar refractivity (Wildman–Crippen MR) is 143 cm³/mol. The molecule has 36 heavy (non-hydrogen) atoms. The number of hydrogen-bond donors (Lipinski definition) is 1. The maximum Gasteiger partial charge on any atom is 0.246 e. The summed E-state index contributed by atoms with van der Waals surface area (Å²) < 4.78 is 35.2. The summed E-state index contributed by atoms with van der Waals surface area (Å²) >= 11 is 0. The minimum absolute atomic E-state index is 0.135. The van der Waals surface area contributed by atoms with Gasteiger partial charge in [0.2, 0.25) is 10.0 Å². The highest BCUT2D eigenvalue weighted by atomic mass is 32.2. The van der Waals surface area contributed by atoms with Gasteiger partial charge in [-0.1, -0.05) is 58.0 Å². The van der Waals surface area contributed by atoms with Gasteiger partial charge in [0.05, 0.1) is 12.8 Å². The number of rotatable bonds is 10. The van der Waals surface area contributed by atoms with E-state index in [2.05, 4.69) is 31.3 Å². The third kappa shape index (κ3) is 4.94. The molecule has 190 valence electrons. The lowest BCUT2D eigenvalue weighted by Crippen LogP contribution is -2.30. The SMILES string of the molecule is CCN(CC)S(=O)(=O)c1cc(-c2ccn3nc(NCc4ccccc4)c(C(C)C)c3n2)ccc1OC. The number of hydrogen-bond acceptors (Lipinski definition) is 6. The van der Waals surface area contributed by atoms with Crippen LogP contribution in [0.1, 0.15) is 44.7 Å². The Bertz CT molecular complexity index is 1450. The van der Waals surface area contributed by atoms with Crippen molar-refractivity contribution in [3.8, 4) is 17.0 Å². The Balaban J connectivity index is 1.77. The van der Waals surface area contributed by atoms with E-state index in [0.29, 0.717) is 36.6 Å². The van der Waals surface area contributed by atoms with E-state index in [4.69, 9.17) is 14.8 Å². The van der Waals surface area contributed by atoms with Gasteiger partial charge in [0.25, 0.3) is 0 Å². The molecule has 0 aliphatic rings. The van der Waals surface area contributed by atoms with Crippen LogP contribution >= 0.6 is 0 Å². The van der Waals surface area contributed by atoms with Gasteiger partial charge in [0.1, 0.15) is 10.6 Å². The molecule has 2 aromatic carbocycles. The van der Waals surface area contributed by atoms with E-state index in [1.165, 1.54) is 11.4 Å². The highest BCUT2D eigenvalue weighted by molar-refractivity contribution is 7.89. The molecular formula is C27H33N5O3S. The van der Waals surface area contributed by atoms with E-state index in [-0.39, 0.29) is 10.8 Å². The highest BCUT2D eigenvalue weighted by Gasteiger charge is 2.26. The number of anilines is 1. The van der Waals surface area contributed by atoms with Crippen molar-refractivity contribution in [2.45, 2.75) is 45.1 Å². The molecule has 0 aliphatic heterocycles. The molecule has 0 unspecified atom stereocenters. The van der Waals surface area contributed by atoms with Crippen LogP contribution in [0.4, 0.5) is 5.82 Å². The molecule has 0 saturated heterocycles. The van der Waals surface area contributed by atoms with Gasteiger partial charge < -0.3 is 10.1 Å². The van der Waals surface area contributed by atoms with Crippen molar-refractivity contribution in [1.82, 2.24) is 18.9 Å². The summed E-state index contributed by atoms with van der Waals surface area (Å²) in [4.78, 5) is 5.05. The average Bonchev–Trinajstić information content (AvgIpc) is 3.26. The number of methoxy groups -OCH3 is 1. The monoisotopic (exact) mass is 507 g/mol. The van der Waals surface area contributed by atoms with Gasteiger partial charge in [-0.2, -0.15) is 4.31 Å². The van der Waals surface area contributed by atoms with Gasteiger partial charge in [0, 0.05) is 37.0 Å². The van der Waals surface area contributed by atoms with Crippen LogP contribution < -0.4 is 10.1 Å². The summed E-state index contributed by atoms with van der Waals surface area (Å²) in [5.74, 6) is 1.28. The Morgan fingerprint density at radius 1 is 1.06 bits per heavy atom. The lowest BCUT2D eigenvalue weighted by molar-refractivity contribution is 0.395. The summed E-state index contributed by atoms with van der Waals surface area (Å²) in [5.41, 5.74) is 4.27. The fourth-order valence-electron chi connectivity index (χ4n) is 4.29. The smallest absolute Gasteiger partial charge is 0.246 e. The van der Waals surface area contributed by atoms with E-state index in [1.54, 1.807) is 16.6 Å². The van der Waals surface area contributed by atoms with Crippen LogP contribution in [0.5, 0.6) is 5.75 Å². The van der Waals surface area contributed by atoms with Gasteiger partial charge in [-0.05, 0) is 35.7 Å². The third-order valence-electron chi connectivity index (χ3n) is 6.18. The fraction of sp³-hybridized carbons (Fsp3) is 0.333. The molecule has 2 heterocycles. The molecule has 0 spiro atoms. The minimum Gasteiger partial charge on any atom is -0.495 e. The van der Waals surface area contributed by atoms with Crippen LogP contribution in [0.15, 0.2) is 65.7 Å². The molecule has 0 aliphatic carbocycles. The second-order valence-electron chi connectivity index (χ2n) is 8.79. The molecule has 0 radical (unpaired) electrons. The molecule has 0 bridgehead atoms. The largest absolute Gasteiger partial charge is 0.495 e. The zero-order valence-electron chi connectivity index (χ0n) is 21.4. The van der Waals surface area contributed by atoms with Crippen molar-refractivity contribution >= 4 is 21.5 Å².